The normalized spacial score (nSPS) is 10.9. The van der Waals surface area contributed by atoms with Crippen molar-refractivity contribution in [2.24, 2.45) is 0 Å². The Labute approximate surface area is 99.9 Å². The predicted molar refractivity (Wildman–Crippen MR) is 58.0 cm³/mol. The van der Waals surface area contributed by atoms with Crippen molar-refractivity contribution in [3.05, 3.63) is 29.7 Å². The summed E-state index contributed by atoms with van der Waals surface area (Å²) in [6.07, 6.45) is 0. The summed E-state index contributed by atoms with van der Waals surface area (Å²) < 4.78 is 6.26. The Kier molecular flexibility index (Phi) is 2.09. The molecule has 0 saturated heterocycles. The summed E-state index contributed by atoms with van der Waals surface area (Å²) in [5, 5.41) is 24.4. The van der Waals surface area contributed by atoms with Gasteiger partial charge in [0.2, 0.25) is 5.82 Å². The van der Waals surface area contributed by atoms with Gasteiger partial charge in [0.25, 0.3) is 0 Å². The summed E-state index contributed by atoms with van der Waals surface area (Å²) >= 11 is 0. The van der Waals surface area contributed by atoms with Crippen LogP contribution in [0.4, 0.5) is 0 Å². The molecule has 18 heavy (non-hydrogen) atoms. The van der Waals surface area contributed by atoms with Crippen molar-refractivity contribution >= 4 is 11.6 Å². The third-order valence-electron chi connectivity index (χ3n) is 2.34. The molecule has 0 aliphatic heterocycles. The monoisotopic (exact) mass is 245 g/mol. The van der Waals surface area contributed by atoms with E-state index in [1.54, 1.807) is 13.0 Å². The third kappa shape index (κ3) is 1.51. The quantitative estimate of drug-likeness (QED) is 0.711. The summed E-state index contributed by atoms with van der Waals surface area (Å²) in [6, 6.07) is 4.57. The van der Waals surface area contributed by atoms with E-state index in [1.165, 1.54) is 16.6 Å². The fourth-order valence-electron chi connectivity index (χ4n) is 1.53. The van der Waals surface area contributed by atoms with Crippen LogP contribution in [0.25, 0.3) is 17.2 Å². The molecule has 3 rings (SSSR count). The van der Waals surface area contributed by atoms with E-state index in [0.29, 0.717) is 22.9 Å². The Morgan fingerprint density at radius 2 is 2.22 bits per heavy atom. The van der Waals surface area contributed by atoms with Crippen LogP contribution >= 0.6 is 0 Å². The second-order valence-electron chi connectivity index (χ2n) is 3.64. The smallest absolute Gasteiger partial charge is 0.356 e. The molecule has 0 aromatic carbocycles. The van der Waals surface area contributed by atoms with Crippen molar-refractivity contribution in [3.8, 4) is 11.5 Å². The number of aromatic nitrogens is 5. The molecule has 0 aliphatic rings. The Bertz CT molecular complexity index is 745. The number of aromatic carboxylic acids is 1. The first-order valence-electron chi connectivity index (χ1n) is 5.04. The summed E-state index contributed by atoms with van der Waals surface area (Å²) in [7, 11) is 0. The Balaban J connectivity index is 2.23. The van der Waals surface area contributed by atoms with Crippen LogP contribution in [0.1, 0.15) is 16.2 Å². The van der Waals surface area contributed by atoms with Crippen LogP contribution in [0, 0.1) is 6.92 Å². The first kappa shape index (κ1) is 10.4. The number of rotatable bonds is 2. The fraction of sp³-hybridized carbons (Fsp3) is 0.100. The van der Waals surface area contributed by atoms with Gasteiger partial charge in [0.1, 0.15) is 5.76 Å². The van der Waals surface area contributed by atoms with Crippen molar-refractivity contribution in [1.29, 1.82) is 0 Å². The van der Waals surface area contributed by atoms with Gasteiger partial charge in [-0.1, -0.05) is 5.16 Å². The third-order valence-corrected chi connectivity index (χ3v) is 2.34. The van der Waals surface area contributed by atoms with Crippen LogP contribution in [0.5, 0.6) is 0 Å². The van der Waals surface area contributed by atoms with E-state index in [-0.39, 0.29) is 5.69 Å². The number of carboxylic acid groups (broad SMARTS) is 1. The van der Waals surface area contributed by atoms with E-state index in [1.807, 2.05) is 0 Å². The summed E-state index contributed by atoms with van der Waals surface area (Å²) in [4.78, 5) is 10.9. The molecule has 8 nitrogen and oxygen atoms in total. The molecule has 90 valence electrons. The van der Waals surface area contributed by atoms with E-state index in [2.05, 4.69) is 20.5 Å². The van der Waals surface area contributed by atoms with Gasteiger partial charge in [-0.2, -0.15) is 9.61 Å². The van der Waals surface area contributed by atoms with E-state index >= 15 is 0 Å². The highest BCUT2D eigenvalue weighted by molar-refractivity contribution is 5.85. The highest BCUT2D eigenvalue weighted by Crippen LogP contribution is 2.17. The molecule has 0 atom stereocenters. The first-order valence-corrected chi connectivity index (χ1v) is 5.04. The maximum atomic E-state index is 10.9. The molecule has 3 aromatic heterocycles. The maximum Gasteiger partial charge on any atom is 0.356 e. The molecule has 0 aliphatic carbocycles. The van der Waals surface area contributed by atoms with Crippen LogP contribution in [0.2, 0.25) is 0 Å². The van der Waals surface area contributed by atoms with Crippen LogP contribution in [-0.2, 0) is 0 Å². The molecule has 0 unspecified atom stereocenters. The lowest BCUT2D eigenvalue weighted by Gasteiger charge is -1.96. The highest BCUT2D eigenvalue weighted by Gasteiger charge is 2.15. The average Bonchev–Trinajstić information content (AvgIpc) is 2.93. The van der Waals surface area contributed by atoms with Crippen molar-refractivity contribution < 1.29 is 14.4 Å². The van der Waals surface area contributed by atoms with E-state index < -0.39 is 5.97 Å². The molecule has 1 N–H and O–H groups in total. The molecule has 0 bridgehead atoms. The number of carbonyl (C=O) groups is 1. The van der Waals surface area contributed by atoms with Crippen molar-refractivity contribution in [2.75, 3.05) is 0 Å². The topological polar surface area (TPSA) is 106 Å². The molecule has 0 saturated carbocycles. The minimum absolute atomic E-state index is 0.0937. The Hall–Kier alpha value is -2.77. The molecule has 8 heteroatoms. The number of aryl methyl sites for hydroxylation is 1. The minimum Gasteiger partial charge on any atom is -0.476 e. The molecule has 0 radical (unpaired) electrons. The summed E-state index contributed by atoms with van der Waals surface area (Å²) in [5.41, 5.74) is 0.800. The zero-order valence-corrected chi connectivity index (χ0v) is 9.23. The number of hydrogen-bond donors (Lipinski definition) is 1. The molecule has 0 amide bonds. The lowest BCUT2D eigenvalue weighted by Crippen LogP contribution is -2.05. The molecule has 0 spiro atoms. The molecule has 0 fully saturated rings. The van der Waals surface area contributed by atoms with E-state index in [9.17, 15) is 4.79 Å². The van der Waals surface area contributed by atoms with Gasteiger partial charge in [0, 0.05) is 6.07 Å². The summed E-state index contributed by atoms with van der Waals surface area (Å²) in [5.74, 6) is -0.158. The van der Waals surface area contributed by atoms with Gasteiger partial charge in [-0.15, -0.1) is 10.2 Å². The van der Waals surface area contributed by atoms with Gasteiger partial charge < -0.3 is 9.63 Å². The van der Waals surface area contributed by atoms with Gasteiger partial charge in [0.15, 0.2) is 17.0 Å². The lowest BCUT2D eigenvalue weighted by molar-refractivity contribution is 0.0689. The number of fused-ring (bicyclic) bond motifs is 1. The molecule has 3 aromatic rings. The maximum absolute atomic E-state index is 10.9. The first-order chi connectivity index (χ1) is 8.65. The van der Waals surface area contributed by atoms with E-state index in [0.717, 1.165) is 0 Å². The number of hydrogen-bond acceptors (Lipinski definition) is 6. The van der Waals surface area contributed by atoms with Gasteiger partial charge >= 0.3 is 5.97 Å². The van der Waals surface area contributed by atoms with Gasteiger partial charge in [0.05, 0.1) is 0 Å². The van der Waals surface area contributed by atoms with Crippen molar-refractivity contribution in [2.45, 2.75) is 6.92 Å². The molecular formula is C10H7N5O3. The summed E-state index contributed by atoms with van der Waals surface area (Å²) in [6.45, 7) is 1.75. The molecular weight excluding hydrogens is 238 g/mol. The van der Waals surface area contributed by atoms with Crippen molar-refractivity contribution in [1.82, 2.24) is 25.0 Å². The number of carboxylic acids is 1. The predicted octanol–water partition coefficient (Wildman–Crippen LogP) is 0.786. The zero-order chi connectivity index (χ0) is 12.7. The standard InChI is InChI=1S/C10H7N5O3/c1-5-4-7(14-18-5)9-12-11-8-3-2-6(10(16)17)13-15(8)9/h2-4H,1H3,(H,16,17). The van der Waals surface area contributed by atoms with Gasteiger partial charge in [-0.25, -0.2) is 4.79 Å². The van der Waals surface area contributed by atoms with Crippen LogP contribution in [-0.4, -0.2) is 36.0 Å². The SMILES string of the molecule is Cc1cc(-c2nnc3ccc(C(=O)O)nn23)no1. The second-order valence-corrected chi connectivity index (χ2v) is 3.64. The van der Waals surface area contributed by atoms with E-state index in [4.69, 9.17) is 9.63 Å². The fourth-order valence-corrected chi connectivity index (χ4v) is 1.53. The average molecular weight is 245 g/mol. The zero-order valence-electron chi connectivity index (χ0n) is 9.23. The van der Waals surface area contributed by atoms with Crippen LogP contribution in [0.15, 0.2) is 22.7 Å². The largest absolute Gasteiger partial charge is 0.476 e. The van der Waals surface area contributed by atoms with Gasteiger partial charge in [-0.3, -0.25) is 0 Å². The number of nitrogens with zero attached hydrogens (tertiary/aromatic N) is 5. The lowest BCUT2D eigenvalue weighted by atomic mass is 10.3. The van der Waals surface area contributed by atoms with Crippen LogP contribution < -0.4 is 0 Å². The highest BCUT2D eigenvalue weighted by atomic mass is 16.5. The van der Waals surface area contributed by atoms with Crippen molar-refractivity contribution in [3.63, 3.8) is 0 Å². The van der Waals surface area contributed by atoms with Gasteiger partial charge in [-0.05, 0) is 19.1 Å². The Morgan fingerprint density at radius 1 is 1.39 bits per heavy atom. The minimum atomic E-state index is -1.12. The van der Waals surface area contributed by atoms with Crippen LogP contribution in [0.3, 0.4) is 0 Å². The molecule has 3 heterocycles. The second kappa shape index (κ2) is 3.62. The Morgan fingerprint density at radius 3 is 2.89 bits per heavy atom.